The van der Waals surface area contributed by atoms with E-state index in [-0.39, 0.29) is 5.66 Å². The molecule has 4 heterocycles. The van der Waals surface area contributed by atoms with Gasteiger partial charge in [-0.15, -0.1) is 9.13 Å². The van der Waals surface area contributed by atoms with Crippen LogP contribution in [-0.4, -0.2) is 0 Å². The third-order valence-corrected chi connectivity index (χ3v) is 7.62. The van der Waals surface area contributed by atoms with Crippen LogP contribution < -0.4 is 9.13 Å². The molecule has 0 amide bonds. The van der Waals surface area contributed by atoms with E-state index < -0.39 is 0 Å². The number of nitrogens with zero attached hydrogens (tertiary/aromatic N) is 2. The van der Waals surface area contributed by atoms with Crippen LogP contribution in [0, 0.1) is 0 Å². The van der Waals surface area contributed by atoms with E-state index in [0.717, 1.165) is 12.8 Å². The van der Waals surface area contributed by atoms with Crippen molar-refractivity contribution in [2.75, 3.05) is 0 Å². The summed E-state index contributed by atoms with van der Waals surface area (Å²) in [6.45, 7) is 0. The summed E-state index contributed by atoms with van der Waals surface area (Å²) >= 11 is 0. The first-order valence-corrected chi connectivity index (χ1v) is 11.0. The number of hydrogen-bond acceptors (Lipinski definition) is 0. The van der Waals surface area contributed by atoms with Gasteiger partial charge in [0, 0.05) is 22.9 Å². The van der Waals surface area contributed by atoms with Gasteiger partial charge in [-0.3, -0.25) is 0 Å². The maximum Gasteiger partial charge on any atom is 0.370 e. The topological polar surface area (TPSA) is 7.76 Å². The molecule has 144 valence electrons. The normalized spacial score (nSPS) is 15.7. The average Bonchev–Trinajstić information content (AvgIpc) is 2.82. The van der Waals surface area contributed by atoms with Crippen LogP contribution in [0.25, 0.3) is 43.4 Å². The van der Waals surface area contributed by atoms with E-state index in [1.165, 1.54) is 54.5 Å². The van der Waals surface area contributed by atoms with E-state index in [1.807, 2.05) is 0 Å². The molecule has 0 fully saturated rings. The van der Waals surface area contributed by atoms with Crippen molar-refractivity contribution in [2.45, 2.75) is 18.5 Å². The molecule has 8 rings (SSSR count). The SMILES string of the molecule is c1cc2c3c(c1)ccc1ccc[n+](c13)C1(C2)Cc2cccc3ccc4ccc[n+]1c4c23. The van der Waals surface area contributed by atoms with Crippen LogP contribution in [0.5, 0.6) is 0 Å². The van der Waals surface area contributed by atoms with Gasteiger partial charge in [-0.2, -0.15) is 0 Å². The van der Waals surface area contributed by atoms with Gasteiger partial charge < -0.3 is 0 Å². The maximum absolute atomic E-state index is 2.58. The van der Waals surface area contributed by atoms with Gasteiger partial charge in [-0.25, -0.2) is 0 Å². The fourth-order valence-electron chi connectivity index (χ4n) is 6.42. The second-order valence-electron chi connectivity index (χ2n) is 9.13. The van der Waals surface area contributed by atoms with Gasteiger partial charge in [0.2, 0.25) is 11.0 Å². The van der Waals surface area contributed by atoms with E-state index in [1.54, 1.807) is 0 Å². The maximum atomic E-state index is 2.58. The van der Waals surface area contributed by atoms with E-state index in [4.69, 9.17) is 0 Å². The van der Waals surface area contributed by atoms with Crippen LogP contribution in [0.1, 0.15) is 11.1 Å². The lowest BCUT2D eigenvalue weighted by molar-refractivity contribution is -0.975. The molecule has 1 spiro atoms. The molecule has 2 nitrogen and oxygen atoms in total. The number of rotatable bonds is 0. The summed E-state index contributed by atoms with van der Waals surface area (Å²) < 4.78 is 5.15. The lowest BCUT2D eigenvalue weighted by Crippen LogP contribution is -2.77. The molecule has 0 N–H and O–H groups in total. The van der Waals surface area contributed by atoms with Gasteiger partial charge in [0.25, 0.3) is 0 Å². The van der Waals surface area contributed by atoms with Crippen molar-refractivity contribution >= 4 is 43.4 Å². The molecule has 0 unspecified atom stereocenters. The highest BCUT2D eigenvalue weighted by atomic mass is 15.3. The summed E-state index contributed by atoms with van der Waals surface area (Å²) in [6, 6.07) is 31.6. The van der Waals surface area contributed by atoms with Crippen molar-refractivity contribution in [1.29, 1.82) is 0 Å². The Balaban J connectivity index is 1.62. The van der Waals surface area contributed by atoms with E-state index in [0.29, 0.717) is 0 Å². The Morgan fingerprint density at radius 2 is 0.935 bits per heavy atom. The van der Waals surface area contributed by atoms with Gasteiger partial charge in [0.05, 0.1) is 10.8 Å². The Morgan fingerprint density at radius 3 is 1.45 bits per heavy atom. The minimum atomic E-state index is -0.190. The van der Waals surface area contributed by atoms with Crippen molar-refractivity contribution in [3.63, 3.8) is 0 Å². The lowest BCUT2D eigenvalue weighted by atomic mass is 9.81. The lowest BCUT2D eigenvalue weighted by Gasteiger charge is -2.32. The first-order valence-electron chi connectivity index (χ1n) is 11.0. The largest absolute Gasteiger partial charge is 0.370 e. The highest BCUT2D eigenvalue weighted by molar-refractivity contribution is 6.07. The highest BCUT2D eigenvalue weighted by Crippen LogP contribution is 2.39. The minimum Gasteiger partial charge on any atom is -0.133 e. The molecule has 31 heavy (non-hydrogen) atoms. The van der Waals surface area contributed by atoms with Crippen molar-refractivity contribution in [3.05, 3.63) is 108 Å². The van der Waals surface area contributed by atoms with Gasteiger partial charge in [-0.05, 0) is 46.2 Å². The van der Waals surface area contributed by atoms with Crippen LogP contribution in [0.2, 0.25) is 0 Å². The molecule has 0 saturated heterocycles. The summed E-state index contributed by atoms with van der Waals surface area (Å²) in [5, 5.41) is 8.12. The molecule has 2 aromatic heterocycles. The molecule has 2 aliphatic heterocycles. The Morgan fingerprint density at radius 1 is 0.484 bits per heavy atom. The standard InChI is InChI=1S/C29H20N2/c1-5-19-11-13-21-9-3-15-30-27(21)25(19)23(7-1)17-29(30)18-24-8-2-6-20-12-14-22-10-4-16-31(29)28(22)26(20)24/h1-16H,17-18H2/q+2. The Kier molecular flexibility index (Phi) is 2.72. The summed E-state index contributed by atoms with van der Waals surface area (Å²) in [5.41, 5.74) is 5.43. The molecule has 0 aliphatic carbocycles. The summed E-state index contributed by atoms with van der Waals surface area (Å²) in [7, 11) is 0. The number of benzene rings is 4. The molecule has 0 atom stereocenters. The zero-order chi connectivity index (χ0) is 20.2. The number of hydrogen-bond donors (Lipinski definition) is 0. The number of pyridine rings is 2. The highest BCUT2D eigenvalue weighted by Gasteiger charge is 2.56. The zero-order valence-corrected chi connectivity index (χ0v) is 17.0. The molecular formula is C29H20N2+2. The molecule has 6 aromatic rings. The zero-order valence-electron chi connectivity index (χ0n) is 17.0. The second-order valence-corrected chi connectivity index (χ2v) is 9.13. The van der Waals surface area contributed by atoms with Gasteiger partial charge in [0.15, 0.2) is 12.4 Å². The van der Waals surface area contributed by atoms with Gasteiger partial charge in [0.1, 0.15) is 12.8 Å². The minimum absolute atomic E-state index is 0.190. The van der Waals surface area contributed by atoms with Crippen molar-refractivity contribution in [1.82, 2.24) is 0 Å². The second kappa shape index (κ2) is 5.28. The Hall–Kier alpha value is -3.78. The van der Waals surface area contributed by atoms with Crippen LogP contribution in [0.4, 0.5) is 0 Å². The summed E-state index contributed by atoms with van der Waals surface area (Å²) in [5.74, 6) is 0. The van der Waals surface area contributed by atoms with Crippen LogP contribution in [0.3, 0.4) is 0 Å². The Bertz CT molecular complexity index is 1610. The fraction of sp³-hybridized carbons (Fsp3) is 0.103. The first-order chi connectivity index (χ1) is 15.3. The molecule has 2 aliphatic rings. The predicted molar refractivity (Wildman–Crippen MR) is 124 cm³/mol. The van der Waals surface area contributed by atoms with Crippen LogP contribution in [0.15, 0.2) is 97.3 Å². The first kappa shape index (κ1) is 16.0. The third kappa shape index (κ3) is 1.81. The van der Waals surface area contributed by atoms with E-state index in [9.17, 15) is 0 Å². The Labute approximate surface area is 179 Å². The quantitative estimate of drug-likeness (QED) is 0.247. The smallest absolute Gasteiger partial charge is 0.133 e. The predicted octanol–water partition coefficient (Wildman–Crippen LogP) is 5.19. The van der Waals surface area contributed by atoms with Gasteiger partial charge in [-0.1, -0.05) is 48.5 Å². The molecular weight excluding hydrogens is 376 g/mol. The fourth-order valence-corrected chi connectivity index (χ4v) is 6.42. The van der Waals surface area contributed by atoms with E-state index in [2.05, 4.69) is 106 Å². The van der Waals surface area contributed by atoms with Crippen molar-refractivity contribution in [3.8, 4) is 0 Å². The molecule has 0 bridgehead atoms. The van der Waals surface area contributed by atoms with Crippen molar-refractivity contribution in [2.24, 2.45) is 0 Å². The molecule has 4 aromatic carbocycles. The van der Waals surface area contributed by atoms with Crippen molar-refractivity contribution < 1.29 is 9.13 Å². The number of fused-ring (bicyclic) bond motifs is 2. The third-order valence-electron chi connectivity index (χ3n) is 7.62. The molecule has 0 radical (unpaired) electrons. The summed E-state index contributed by atoms with van der Waals surface area (Å²) in [4.78, 5) is 0. The van der Waals surface area contributed by atoms with E-state index >= 15 is 0 Å². The molecule has 0 saturated carbocycles. The van der Waals surface area contributed by atoms with Crippen LogP contribution >= 0.6 is 0 Å². The van der Waals surface area contributed by atoms with Gasteiger partial charge >= 0.3 is 5.66 Å². The monoisotopic (exact) mass is 396 g/mol. The summed E-state index contributed by atoms with van der Waals surface area (Å²) in [6.07, 6.45) is 6.58. The molecule has 2 heteroatoms. The number of aromatic nitrogens is 2. The van der Waals surface area contributed by atoms with Crippen LogP contribution in [-0.2, 0) is 18.5 Å². The average molecular weight is 396 g/mol.